The maximum atomic E-state index is 12.6. The zero-order valence-electron chi connectivity index (χ0n) is 16.1. The SMILES string of the molecule is COC(=O)c1c(NC(=O)CN2C(=O)c3ccccc3C2=O)sc2c1CCC(C)C2. The van der Waals surface area contributed by atoms with Crippen molar-refractivity contribution in [1.82, 2.24) is 4.90 Å². The second-order valence-electron chi connectivity index (χ2n) is 7.34. The third-order valence-electron chi connectivity index (χ3n) is 5.33. The van der Waals surface area contributed by atoms with E-state index in [0.717, 1.165) is 34.6 Å². The molecule has 29 heavy (non-hydrogen) atoms. The van der Waals surface area contributed by atoms with Gasteiger partial charge in [0, 0.05) is 4.88 Å². The number of nitrogens with one attached hydrogen (secondary N) is 1. The fraction of sp³-hybridized carbons (Fsp3) is 0.333. The van der Waals surface area contributed by atoms with Crippen LogP contribution in [0.2, 0.25) is 0 Å². The Morgan fingerprint density at radius 3 is 2.48 bits per heavy atom. The van der Waals surface area contributed by atoms with Gasteiger partial charge in [-0.25, -0.2) is 4.79 Å². The molecule has 0 saturated carbocycles. The highest BCUT2D eigenvalue weighted by Crippen LogP contribution is 2.40. The van der Waals surface area contributed by atoms with Crippen LogP contribution in [-0.4, -0.2) is 42.2 Å². The molecule has 1 aromatic heterocycles. The van der Waals surface area contributed by atoms with E-state index in [0.29, 0.717) is 27.6 Å². The molecule has 1 unspecified atom stereocenters. The number of anilines is 1. The number of amides is 3. The summed E-state index contributed by atoms with van der Waals surface area (Å²) in [5, 5.41) is 3.14. The van der Waals surface area contributed by atoms with Crippen LogP contribution in [0.25, 0.3) is 0 Å². The van der Waals surface area contributed by atoms with Crippen LogP contribution in [0, 0.1) is 5.92 Å². The number of imide groups is 1. The van der Waals surface area contributed by atoms with Crippen molar-refractivity contribution >= 4 is 40.0 Å². The third kappa shape index (κ3) is 3.33. The minimum atomic E-state index is -0.531. The first kappa shape index (κ1) is 19.3. The van der Waals surface area contributed by atoms with Gasteiger partial charge in [0.05, 0.1) is 23.8 Å². The Labute approximate surface area is 171 Å². The number of carbonyl (C=O) groups is 4. The molecule has 8 heteroatoms. The second-order valence-corrected chi connectivity index (χ2v) is 8.44. The molecule has 1 aromatic carbocycles. The van der Waals surface area contributed by atoms with Crippen LogP contribution in [0.1, 0.15) is 54.9 Å². The van der Waals surface area contributed by atoms with Gasteiger partial charge >= 0.3 is 5.97 Å². The lowest BCUT2D eigenvalue weighted by atomic mass is 9.88. The van der Waals surface area contributed by atoms with Gasteiger partial charge in [0.1, 0.15) is 11.5 Å². The number of hydrogen-bond acceptors (Lipinski definition) is 6. The van der Waals surface area contributed by atoms with E-state index in [1.165, 1.54) is 18.4 Å². The summed E-state index contributed by atoms with van der Waals surface area (Å²) in [7, 11) is 1.31. The molecule has 0 spiro atoms. The van der Waals surface area contributed by atoms with Gasteiger partial charge in [0.15, 0.2) is 0 Å². The van der Waals surface area contributed by atoms with E-state index in [1.54, 1.807) is 24.3 Å². The molecular weight excluding hydrogens is 392 g/mol. The number of hydrogen-bond donors (Lipinski definition) is 1. The molecule has 1 atom stereocenters. The van der Waals surface area contributed by atoms with E-state index < -0.39 is 30.2 Å². The lowest BCUT2D eigenvalue weighted by Crippen LogP contribution is -2.37. The smallest absolute Gasteiger partial charge is 0.341 e. The number of methoxy groups -OCH3 is 1. The maximum absolute atomic E-state index is 12.6. The van der Waals surface area contributed by atoms with Gasteiger partial charge in [0.2, 0.25) is 5.91 Å². The van der Waals surface area contributed by atoms with E-state index in [4.69, 9.17) is 4.74 Å². The van der Waals surface area contributed by atoms with E-state index in [1.807, 2.05) is 0 Å². The normalized spacial score (nSPS) is 17.7. The van der Waals surface area contributed by atoms with Crippen molar-refractivity contribution in [1.29, 1.82) is 0 Å². The first-order chi connectivity index (χ1) is 13.9. The van der Waals surface area contributed by atoms with Crippen LogP contribution < -0.4 is 5.32 Å². The monoisotopic (exact) mass is 412 g/mol. The van der Waals surface area contributed by atoms with Crippen molar-refractivity contribution in [3.05, 3.63) is 51.4 Å². The predicted molar refractivity (Wildman–Crippen MR) is 107 cm³/mol. The summed E-state index contributed by atoms with van der Waals surface area (Å²) in [4.78, 5) is 51.9. The highest BCUT2D eigenvalue weighted by Gasteiger charge is 2.37. The molecule has 0 bridgehead atoms. The fourth-order valence-electron chi connectivity index (χ4n) is 3.85. The molecule has 0 radical (unpaired) electrons. The molecule has 2 heterocycles. The largest absolute Gasteiger partial charge is 0.465 e. The maximum Gasteiger partial charge on any atom is 0.341 e. The number of carbonyl (C=O) groups excluding carboxylic acids is 4. The lowest BCUT2D eigenvalue weighted by Gasteiger charge is -2.18. The zero-order chi connectivity index (χ0) is 20.7. The highest BCUT2D eigenvalue weighted by atomic mass is 32.1. The molecule has 2 aromatic rings. The first-order valence-electron chi connectivity index (χ1n) is 9.38. The Balaban J connectivity index is 1.56. The summed E-state index contributed by atoms with van der Waals surface area (Å²) in [5.41, 5.74) is 1.90. The Morgan fingerprint density at radius 2 is 1.86 bits per heavy atom. The Bertz CT molecular complexity index is 1010. The van der Waals surface area contributed by atoms with Crippen molar-refractivity contribution in [3.63, 3.8) is 0 Å². The molecule has 150 valence electrons. The third-order valence-corrected chi connectivity index (χ3v) is 6.50. The van der Waals surface area contributed by atoms with Crippen LogP contribution in [-0.2, 0) is 22.4 Å². The second kappa shape index (κ2) is 7.44. The summed E-state index contributed by atoms with van der Waals surface area (Å²) in [5.74, 6) is -1.50. The van der Waals surface area contributed by atoms with Gasteiger partial charge in [-0.15, -0.1) is 11.3 Å². The lowest BCUT2D eigenvalue weighted by molar-refractivity contribution is -0.116. The van der Waals surface area contributed by atoms with Crippen LogP contribution >= 0.6 is 11.3 Å². The van der Waals surface area contributed by atoms with Crippen LogP contribution in [0.3, 0.4) is 0 Å². The van der Waals surface area contributed by atoms with Crippen molar-refractivity contribution < 1.29 is 23.9 Å². The van der Waals surface area contributed by atoms with E-state index in [9.17, 15) is 19.2 Å². The van der Waals surface area contributed by atoms with E-state index in [2.05, 4.69) is 12.2 Å². The standard InChI is InChI=1S/C21H20N2O5S/c1-11-7-8-14-15(9-11)29-18(17(14)21(27)28-2)22-16(24)10-23-19(25)12-5-3-4-6-13(12)20(23)26/h3-6,11H,7-10H2,1-2H3,(H,22,24). The van der Waals surface area contributed by atoms with Gasteiger partial charge in [-0.2, -0.15) is 0 Å². The number of fused-ring (bicyclic) bond motifs is 2. The average molecular weight is 412 g/mol. The molecule has 4 rings (SSSR count). The average Bonchev–Trinajstić information content (AvgIpc) is 3.17. The molecule has 1 aliphatic carbocycles. The van der Waals surface area contributed by atoms with Crippen LogP contribution in [0.15, 0.2) is 24.3 Å². The molecule has 1 N–H and O–H groups in total. The molecule has 1 aliphatic heterocycles. The van der Waals surface area contributed by atoms with Crippen molar-refractivity contribution in [2.75, 3.05) is 19.0 Å². The number of rotatable bonds is 4. The van der Waals surface area contributed by atoms with Crippen molar-refractivity contribution in [2.45, 2.75) is 26.2 Å². The predicted octanol–water partition coefficient (Wildman–Crippen LogP) is 2.89. The van der Waals surface area contributed by atoms with Crippen LogP contribution in [0.4, 0.5) is 5.00 Å². The summed E-state index contributed by atoms with van der Waals surface area (Å²) in [6.07, 6.45) is 2.57. The Morgan fingerprint density at radius 1 is 1.21 bits per heavy atom. The van der Waals surface area contributed by atoms with E-state index >= 15 is 0 Å². The van der Waals surface area contributed by atoms with Gasteiger partial charge in [-0.1, -0.05) is 19.1 Å². The number of thiophene rings is 1. The van der Waals surface area contributed by atoms with Crippen LogP contribution in [0.5, 0.6) is 0 Å². The quantitative estimate of drug-likeness (QED) is 0.616. The van der Waals surface area contributed by atoms with Gasteiger partial charge in [-0.3, -0.25) is 19.3 Å². The Hall–Kier alpha value is -3.00. The molecule has 0 fully saturated rings. The summed E-state index contributed by atoms with van der Waals surface area (Å²) in [6.45, 7) is 1.74. The van der Waals surface area contributed by atoms with Gasteiger partial charge in [-0.05, 0) is 42.9 Å². The Kier molecular flexibility index (Phi) is 4.96. The van der Waals surface area contributed by atoms with Gasteiger partial charge in [0.25, 0.3) is 11.8 Å². The number of ether oxygens (including phenoxy) is 1. The zero-order valence-corrected chi connectivity index (χ0v) is 16.9. The fourth-order valence-corrected chi connectivity index (χ4v) is 5.26. The summed E-state index contributed by atoms with van der Waals surface area (Å²) >= 11 is 1.36. The molecule has 3 amide bonds. The molecule has 0 saturated heterocycles. The summed E-state index contributed by atoms with van der Waals surface area (Å²) in [6, 6.07) is 6.48. The molecule has 7 nitrogen and oxygen atoms in total. The van der Waals surface area contributed by atoms with Crippen molar-refractivity contribution in [2.24, 2.45) is 5.92 Å². The highest BCUT2D eigenvalue weighted by molar-refractivity contribution is 7.17. The van der Waals surface area contributed by atoms with Gasteiger partial charge < -0.3 is 10.1 Å². The minimum Gasteiger partial charge on any atom is -0.465 e. The number of esters is 1. The number of nitrogens with zero attached hydrogens (tertiary/aromatic N) is 1. The molecular formula is C21H20N2O5S. The number of benzene rings is 1. The topological polar surface area (TPSA) is 92.8 Å². The first-order valence-corrected chi connectivity index (χ1v) is 10.2. The molecule has 2 aliphatic rings. The van der Waals surface area contributed by atoms with E-state index in [-0.39, 0.29) is 0 Å². The minimum absolute atomic E-state index is 0.293. The van der Waals surface area contributed by atoms with Crippen molar-refractivity contribution in [3.8, 4) is 0 Å². The summed E-state index contributed by atoms with van der Waals surface area (Å²) < 4.78 is 4.92.